The molecule has 1 fully saturated rings. The number of hydrogen-bond acceptors (Lipinski definition) is 3. The van der Waals surface area contributed by atoms with Gasteiger partial charge >= 0.3 is 12.3 Å². The van der Waals surface area contributed by atoms with Crippen LogP contribution in [0.1, 0.15) is 39.2 Å². The summed E-state index contributed by atoms with van der Waals surface area (Å²) in [6.07, 6.45) is -3.91. The number of piperidine rings is 1. The van der Waals surface area contributed by atoms with Crippen LogP contribution in [-0.4, -0.2) is 42.6 Å². The van der Waals surface area contributed by atoms with Crippen LogP contribution in [0, 0.1) is 5.92 Å². The lowest BCUT2D eigenvalue weighted by atomic mass is 9.95. The molecule has 0 spiro atoms. The first kappa shape index (κ1) is 22.5. The number of anilines is 1. The van der Waals surface area contributed by atoms with Gasteiger partial charge < -0.3 is 14.5 Å². The fraction of sp³-hybridized carbons (Fsp3) is 0.579. The summed E-state index contributed by atoms with van der Waals surface area (Å²) in [6.45, 7) is 6.16. The number of hydrogen-bond donors (Lipinski definition) is 0. The van der Waals surface area contributed by atoms with E-state index in [0.717, 1.165) is 12.1 Å². The van der Waals surface area contributed by atoms with Gasteiger partial charge in [-0.2, -0.15) is 13.2 Å². The molecule has 1 heterocycles. The number of carbonyl (C=O) groups excluding carboxylic acids is 2. The van der Waals surface area contributed by atoms with Crippen molar-refractivity contribution in [3.63, 3.8) is 0 Å². The minimum atomic E-state index is -4.45. The van der Waals surface area contributed by atoms with Gasteiger partial charge in [-0.25, -0.2) is 4.79 Å². The van der Waals surface area contributed by atoms with Crippen molar-refractivity contribution in [2.24, 2.45) is 5.92 Å². The molecule has 0 unspecified atom stereocenters. The molecule has 0 atom stereocenters. The summed E-state index contributed by atoms with van der Waals surface area (Å²) in [4.78, 5) is 27.8. The van der Waals surface area contributed by atoms with Gasteiger partial charge in [-0.1, -0.05) is 0 Å². The summed E-state index contributed by atoms with van der Waals surface area (Å²) >= 11 is 3.13. The van der Waals surface area contributed by atoms with Crippen LogP contribution in [0.4, 0.5) is 23.7 Å². The average Bonchev–Trinajstić information content (AvgIpc) is 2.58. The zero-order chi connectivity index (χ0) is 21.3. The largest absolute Gasteiger partial charge is 0.444 e. The maximum atomic E-state index is 12.8. The standard InChI is InChI=1S/C19H24BrF3N2O3/c1-18(2,3)28-17(27)25-9-7-12(8-10-25)16(26)24(4)15-6-5-13(11-14(15)20)19(21,22)23/h5-6,11-12H,7-10H2,1-4H3. The summed E-state index contributed by atoms with van der Waals surface area (Å²) in [7, 11) is 1.54. The Morgan fingerprint density at radius 2 is 1.75 bits per heavy atom. The third kappa shape index (κ3) is 5.62. The summed E-state index contributed by atoms with van der Waals surface area (Å²) in [6, 6.07) is 3.19. The normalized spacial score (nSPS) is 16.1. The Bertz CT molecular complexity index is 739. The molecule has 156 valence electrons. The van der Waals surface area contributed by atoms with E-state index in [1.54, 1.807) is 25.7 Å². The molecule has 1 aromatic carbocycles. The highest BCUT2D eigenvalue weighted by Crippen LogP contribution is 2.35. The second kappa shape index (κ2) is 8.31. The molecule has 5 nitrogen and oxygen atoms in total. The molecular weight excluding hydrogens is 441 g/mol. The fourth-order valence-electron chi connectivity index (χ4n) is 2.98. The van der Waals surface area contributed by atoms with Gasteiger partial charge in [0.2, 0.25) is 5.91 Å². The minimum Gasteiger partial charge on any atom is -0.444 e. The van der Waals surface area contributed by atoms with E-state index in [9.17, 15) is 22.8 Å². The molecule has 9 heteroatoms. The quantitative estimate of drug-likeness (QED) is 0.613. The van der Waals surface area contributed by atoms with Gasteiger partial charge in [0.15, 0.2) is 0 Å². The molecule has 0 aromatic heterocycles. The average molecular weight is 465 g/mol. The third-order valence-electron chi connectivity index (χ3n) is 4.46. The highest BCUT2D eigenvalue weighted by atomic mass is 79.9. The Kier molecular flexibility index (Phi) is 6.68. The number of benzene rings is 1. The van der Waals surface area contributed by atoms with Gasteiger partial charge in [-0.05, 0) is 67.7 Å². The van der Waals surface area contributed by atoms with Crippen molar-refractivity contribution in [3.05, 3.63) is 28.2 Å². The third-order valence-corrected chi connectivity index (χ3v) is 5.10. The number of alkyl halides is 3. The smallest absolute Gasteiger partial charge is 0.416 e. The van der Waals surface area contributed by atoms with Crippen LogP contribution in [0.5, 0.6) is 0 Å². The predicted octanol–water partition coefficient (Wildman–Crippen LogP) is 5.08. The molecule has 1 aromatic rings. The van der Waals surface area contributed by atoms with Crippen molar-refractivity contribution < 1.29 is 27.5 Å². The number of amides is 2. The lowest BCUT2D eigenvalue weighted by Crippen LogP contribution is -2.45. The molecule has 28 heavy (non-hydrogen) atoms. The molecule has 0 radical (unpaired) electrons. The molecular formula is C19H24BrF3N2O3. The van der Waals surface area contributed by atoms with Gasteiger partial charge in [0.05, 0.1) is 11.3 Å². The predicted molar refractivity (Wildman–Crippen MR) is 103 cm³/mol. The number of rotatable bonds is 2. The van der Waals surface area contributed by atoms with E-state index in [1.807, 2.05) is 0 Å². The lowest BCUT2D eigenvalue weighted by molar-refractivity contribution is -0.137. The van der Waals surface area contributed by atoms with Crippen molar-refractivity contribution >= 4 is 33.6 Å². The molecule has 1 saturated heterocycles. The Hall–Kier alpha value is -1.77. The van der Waals surface area contributed by atoms with Gasteiger partial charge in [0.25, 0.3) is 0 Å². The Morgan fingerprint density at radius 3 is 2.21 bits per heavy atom. The fourth-order valence-corrected chi connectivity index (χ4v) is 3.63. The highest BCUT2D eigenvalue weighted by Gasteiger charge is 2.33. The van der Waals surface area contributed by atoms with Crippen LogP contribution in [0.25, 0.3) is 0 Å². The molecule has 2 rings (SSSR count). The Labute approximate surface area is 170 Å². The van der Waals surface area contributed by atoms with Gasteiger partial charge in [0.1, 0.15) is 5.60 Å². The van der Waals surface area contributed by atoms with Crippen LogP contribution in [0.15, 0.2) is 22.7 Å². The lowest BCUT2D eigenvalue weighted by Gasteiger charge is -2.34. The van der Waals surface area contributed by atoms with Crippen LogP contribution in [0.2, 0.25) is 0 Å². The van der Waals surface area contributed by atoms with Crippen molar-refractivity contribution in [2.45, 2.75) is 45.4 Å². The van der Waals surface area contributed by atoms with Crippen molar-refractivity contribution in [2.75, 3.05) is 25.0 Å². The van der Waals surface area contributed by atoms with Crippen LogP contribution >= 0.6 is 15.9 Å². The highest BCUT2D eigenvalue weighted by molar-refractivity contribution is 9.10. The monoisotopic (exact) mass is 464 g/mol. The summed E-state index contributed by atoms with van der Waals surface area (Å²) < 4.78 is 44.0. The van der Waals surface area contributed by atoms with Gasteiger partial charge in [-0.15, -0.1) is 0 Å². The van der Waals surface area contributed by atoms with Crippen LogP contribution in [-0.2, 0) is 15.7 Å². The molecule has 1 aliphatic heterocycles. The van der Waals surface area contributed by atoms with Crippen molar-refractivity contribution in [3.8, 4) is 0 Å². The molecule has 0 N–H and O–H groups in total. The topological polar surface area (TPSA) is 49.9 Å². The summed E-state index contributed by atoms with van der Waals surface area (Å²) in [5.41, 5.74) is -0.999. The van der Waals surface area contributed by atoms with E-state index in [0.29, 0.717) is 31.6 Å². The van der Waals surface area contributed by atoms with E-state index in [1.165, 1.54) is 18.0 Å². The molecule has 0 saturated carbocycles. The molecule has 0 aliphatic carbocycles. The van der Waals surface area contributed by atoms with E-state index < -0.39 is 23.4 Å². The summed E-state index contributed by atoms with van der Waals surface area (Å²) in [5.74, 6) is -0.498. The van der Waals surface area contributed by atoms with Gasteiger partial charge in [-0.3, -0.25) is 4.79 Å². The number of carbonyl (C=O) groups is 2. The Morgan fingerprint density at radius 1 is 1.18 bits per heavy atom. The zero-order valence-corrected chi connectivity index (χ0v) is 17.9. The van der Waals surface area contributed by atoms with E-state index in [2.05, 4.69) is 15.9 Å². The summed E-state index contributed by atoms with van der Waals surface area (Å²) in [5, 5.41) is 0. The van der Waals surface area contributed by atoms with E-state index in [4.69, 9.17) is 4.74 Å². The molecule has 2 amide bonds. The molecule has 0 bridgehead atoms. The number of likely N-dealkylation sites (tertiary alicyclic amines) is 1. The van der Waals surface area contributed by atoms with E-state index >= 15 is 0 Å². The number of ether oxygens (including phenoxy) is 1. The number of halogens is 4. The second-order valence-electron chi connectivity index (χ2n) is 7.80. The minimum absolute atomic E-state index is 0.190. The first-order valence-electron chi connectivity index (χ1n) is 8.92. The van der Waals surface area contributed by atoms with Crippen LogP contribution in [0.3, 0.4) is 0 Å². The maximum Gasteiger partial charge on any atom is 0.416 e. The first-order valence-corrected chi connectivity index (χ1v) is 9.71. The van der Waals surface area contributed by atoms with E-state index in [-0.39, 0.29) is 16.3 Å². The van der Waals surface area contributed by atoms with Crippen molar-refractivity contribution in [1.82, 2.24) is 4.90 Å². The van der Waals surface area contributed by atoms with Crippen molar-refractivity contribution in [1.29, 1.82) is 0 Å². The zero-order valence-electron chi connectivity index (χ0n) is 16.3. The first-order chi connectivity index (χ1) is 12.8. The van der Waals surface area contributed by atoms with Gasteiger partial charge in [0, 0.05) is 30.5 Å². The Balaban J connectivity index is 2.01. The van der Waals surface area contributed by atoms with Crippen LogP contribution < -0.4 is 4.90 Å². The molecule has 1 aliphatic rings. The second-order valence-corrected chi connectivity index (χ2v) is 8.66. The number of nitrogens with zero attached hydrogens (tertiary/aromatic N) is 2. The maximum absolute atomic E-state index is 12.8. The SMILES string of the molecule is CN(C(=O)C1CCN(C(=O)OC(C)(C)C)CC1)c1ccc(C(F)(F)F)cc1Br.